The second kappa shape index (κ2) is 15.5. The van der Waals surface area contributed by atoms with E-state index in [9.17, 15) is 14.4 Å². The second-order valence-electron chi connectivity index (χ2n) is 18.1. The standard InChI is InChI=1S/2C16H20N2O2.C14H17N3O2/c1-17-14-8-7-12(10-15(14)20-16(17)19)18-9-3-5-11-4-2-6-13(11)18;1-17-14-7-6-13(8-15(14)20-16(17)19)18-9-11-4-2-3-5-12(11)10-18;1-16-12-3-2-11(4-13(12)19-14(16)18)17-7-9-5-15-6-10(9)8-17/h7-8,10-11,13H,2-6,9H2,1H3;6-8,11-12H,2-5,9-10H2,1H3;2-4,9-10,15H,5-8H2,1H3/t11-,13-;11-,12+;9-,10+/m1../s1. The number of rotatable bonds is 3. The highest BCUT2D eigenvalue weighted by Crippen LogP contribution is 2.40. The first-order valence-electron chi connectivity index (χ1n) is 21.9. The summed E-state index contributed by atoms with van der Waals surface area (Å²) < 4.78 is 20.5. The van der Waals surface area contributed by atoms with E-state index in [2.05, 4.69) is 38.2 Å². The van der Waals surface area contributed by atoms with Gasteiger partial charge < -0.3 is 33.3 Å². The molecule has 0 unspecified atom stereocenters. The predicted octanol–water partition coefficient (Wildman–Crippen LogP) is 6.45. The van der Waals surface area contributed by atoms with E-state index in [1.807, 2.05) is 36.4 Å². The molecule has 0 bridgehead atoms. The van der Waals surface area contributed by atoms with Crippen molar-refractivity contribution < 1.29 is 13.3 Å². The van der Waals surface area contributed by atoms with Gasteiger partial charge in [0.1, 0.15) is 0 Å². The molecular weight excluding hydrogens is 747 g/mol. The number of anilines is 3. The van der Waals surface area contributed by atoms with E-state index in [4.69, 9.17) is 13.3 Å². The Morgan fingerprint density at radius 2 is 0.915 bits per heavy atom. The molecule has 312 valence electrons. The first kappa shape index (κ1) is 38.1. The van der Waals surface area contributed by atoms with Gasteiger partial charge in [-0.25, -0.2) is 14.4 Å². The molecule has 1 N–H and O–H groups in total. The summed E-state index contributed by atoms with van der Waals surface area (Å²) in [6.45, 7) is 7.90. The fourth-order valence-corrected chi connectivity index (χ4v) is 11.4. The lowest BCUT2D eigenvalue weighted by atomic mass is 9.82. The van der Waals surface area contributed by atoms with E-state index >= 15 is 0 Å². The number of hydrogen-bond acceptors (Lipinski definition) is 10. The molecule has 3 aromatic heterocycles. The summed E-state index contributed by atoms with van der Waals surface area (Å²) in [5.74, 6) is 3.25. The third-order valence-electron chi connectivity index (χ3n) is 14.7. The summed E-state index contributed by atoms with van der Waals surface area (Å²) in [6, 6.07) is 19.1. The molecule has 6 aromatic rings. The van der Waals surface area contributed by atoms with Gasteiger partial charge in [-0.1, -0.05) is 19.3 Å². The van der Waals surface area contributed by atoms with Crippen LogP contribution in [0.3, 0.4) is 0 Å². The second-order valence-corrected chi connectivity index (χ2v) is 18.1. The average Bonchev–Trinajstić information content (AvgIpc) is 4.12. The van der Waals surface area contributed by atoms with Crippen LogP contribution in [0.15, 0.2) is 82.2 Å². The van der Waals surface area contributed by atoms with Crippen LogP contribution in [0.1, 0.15) is 57.8 Å². The average molecular weight is 804 g/mol. The number of hydrogen-bond donors (Lipinski definition) is 1. The van der Waals surface area contributed by atoms with Gasteiger partial charge in [0.2, 0.25) is 0 Å². The Morgan fingerprint density at radius 1 is 0.492 bits per heavy atom. The van der Waals surface area contributed by atoms with E-state index in [1.54, 1.807) is 34.8 Å². The number of fused-ring (bicyclic) bond motifs is 6. The molecule has 2 aliphatic carbocycles. The van der Waals surface area contributed by atoms with Gasteiger partial charge in [0.05, 0.1) is 16.6 Å². The minimum absolute atomic E-state index is 0.283. The van der Waals surface area contributed by atoms with Gasteiger partial charge in [-0.05, 0) is 105 Å². The maximum absolute atomic E-state index is 11.6. The fraction of sp³-hybridized carbons (Fsp3) is 0.543. The van der Waals surface area contributed by atoms with E-state index in [1.165, 1.54) is 69.2 Å². The van der Waals surface area contributed by atoms with Crippen LogP contribution in [0, 0.1) is 29.6 Å². The van der Waals surface area contributed by atoms with Crippen molar-refractivity contribution in [3.8, 4) is 0 Å². The van der Waals surface area contributed by atoms with Gasteiger partial charge in [0.15, 0.2) is 16.7 Å². The number of nitrogens with one attached hydrogen (secondary N) is 1. The molecule has 0 amide bonds. The topological polar surface area (TPSA) is 127 Å². The number of aromatic nitrogens is 3. The zero-order valence-corrected chi connectivity index (χ0v) is 34.6. The van der Waals surface area contributed by atoms with Crippen LogP contribution >= 0.6 is 0 Å². The molecule has 13 nitrogen and oxygen atoms in total. The fourth-order valence-electron chi connectivity index (χ4n) is 11.4. The molecule has 2 saturated carbocycles. The Balaban J connectivity index is 0.000000107. The smallest absolute Gasteiger partial charge is 0.408 e. The molecule has 59 heavy (non-hydrogen) atoms. The number of piperidine rings is 1. The highest BCUT2D eigenvalue weighted by molar-refractivity contribution is 5.79. The van der Waals surface area contributed by atoms with E-state index in [-0.39, 0.29) is 17.3 Å². The zero-order chi connectivity index (χ0) is 40.4. The van der Waals surface area contributed by atoms with Crippen molar-refractivity contribution in [2.24, 2.45) is 50.7 Å². The van der Waals surface area contributed by atoms with E-state index in [0.717, 1.165) is 97.6 Å². The monoisotopic (exact) mass is 803 g/mol. The molecule has 3 aromatic carbocycles. The lowest BCUT2D eigenvalue weighted by Gasteiger charge is -2.39. The number of benzene rings is 3. The molecule has 12 rings (SSSR count). The molecule has 7 heterocycles. The molecular formula is C46H57N7O6. The molecule has 4 aliphatic heterocycles. The maximum atomic E-state index is 11.6. The Kier molecular flexibility index (Phi) is 9.97. The van der Waals surface area contributed by atoms with Crippen molar-refractivity contribution in [1.82, 2.24) is 19.0 Å². The van der Waals surface area contributed by atoms with Gasteiger partial charge in [-0.15, -0.1) is 0 Å². The van der Waals surface area contributed by atoms with Crippen molar-refractivity contribution >= 4 is 50.4 Å². The van der Waals surface area contributed by atoms with Gasteiger partial charge in [0.25, 0.3) is 0 Å². The lowest BCUT2D eigenvalue weighted by Crippen LogP contribution is -2.42. The summed E-state index contributed by atoms with van der Waals surface area (Å²) in [5.41, 5.74) is 8.25. The normalized spacial score (nSPS) is 26.2. The Hall–Kier alpha value is -5.17. The van der Waals surface area contributed by atoms with E-state index in [0.29, 0.717) is 22.8 Å². The van der Waals surface area contributed by atoms with Crippen molar-refractivity contribution in [1.29, 1.82) is 0 Å². The van der Waals surface area contributed by atoms with Crippen LogP contribution in [0.2, 0.25) is 0 Å². The van der Waals surface area contributed by atoms with Gasteiger partial charge in [-0.3, -0.25) is 13.7 Å². The molecule has 4 saturated heterocycles. The summed E-state index contributed by atoms with van der Waals surface area (Å²) >= 11 is 0. The molecule has 6 atom stereocenters. The number of oxazole rings is 3. The number of aryl methyl sites for hydroxylation is 3. The van der Waals surface area contributed by atoms with Crippen molar-refractivity contribution in [3.63, 3.8) is 0 Å². The summed E-state index contributed by atoms with van der Waals surface area (Å²) in [6.07, 6.45) is 12.2. The molecule has 6 aliphatic rings. The minimum atomic E-state index is -0.297. The van der Waals surface area contributed by atoms with Crippen LogP contribution in [-0.2, 0) is 21.1 Å². The van der Waals surface area contributed by atoms with Crippen LogP contribution in [0.4, 0.5) is 17.1 Å². The highest BCUT2D eigenvalue weighted by atomic mass is 16.4. The largest absolute Gasteiger partial charge is 0.419 e. The van der Waals surface area contributed by atoms with Crippen molar-refractivity contribution in [3.05, 3.63) is 86.2 Å². The first-order valence-corrected chi connectivity index (χ1v) is 21.9. The van der Waals surface area contributed by atoms with Crippen LogP contribution in [0.5, 0.6) is 0 Å². The lowest BCUT2D eigenvalue weighted by molar-refractivity contribution is 0.299. The predicted molar refractivity (Wildman–Crippen MR) is 232 cm³/mol. The Labute approximate surface area is 343 Å². The van der Waals surface area contributed by atoms with Crippen LogP contribution < -0.4 is 37.3 Å². The minimum Gasteiger partial charge on any atom is -0.408 e. The summed E-state index contributed by atoms with van der Waals surface area (Å²) in [5, 5.41) is 3.45. The quantitative estimate of drug-likeness (QED) is 0.214. The zero-order valence-electron chi connectivity index (χ0n) is 34.6. The van der Waals surface area contributed by atoms with Crippen molar-refractivity contribution in [2.75, 3.05) is 60.5 Å². The number of nitrogens with zero attached hydrogens (tertiary/aromatic N) is 6. The van der Waals surface area contributed by atoms with Crippen LogP contribution in [-0.4, -0.2) is 65.6 Å². The molecule has 0 spiro atoms. The van der Waals surface area contributed by atoms with Gasteiger partial charge >= 0.3 is 17.3 Å². The third kappa shape index (κ3) is 7.08. The van der Waals surface area contributed by atoms with Crippen molar-refractivity contribution in [2.45, 2.75) is 63.8 Å². The van der Waals surface area contributed by atoms with Gasteiger partial charge in [-0.2, -0.15) is 0 Å². The Bertz CT molecular complexity index is 2640. The molecule has 6 fully saturated rings. The van der Waals surface area contributed by atoms with Crippen LogP contribution in [0.25, 0.3) is 33.3 Å². The maximum Gasteiger partial charge on any atom is 0.419 e. The van der Waals surface area contributed by atoms with E-state index < -0.39 is 0 Å². The summed E-state index contributed by atoms with van der Waals surface area (Å²) in [7, 11) is 5.24. The first-order chi connectivity index (χ1) is 28.7. The highest BCUT2D eigenvalue weighted by Gasteiger charge is 2.37. The third-order valence-corrected chi connectivity index (χ3v) is 14.7. The summed E-state index contributed by atoms with van der Waals surface area (Å²) in [4.78, 5) is 42.1. The molecule has 0 radical (unpaired) electrons. The SMILES string of the molecule is Cn1c(=O)oc2cc(N3CCC[C@H]4CCC[C@H]43)ccc21.Cn1c(=O)oc2cc(N3C[C@H]4CCCC[C@H]4C3)ccc21.Cn1c(=O)oc2cc(N3C[C@H]4CNC[C@H]4C3)ccc21. The Morgan fingerprint density at radius 3 is 1.42 bits per heavy atom. The molecule has 13 heteroatoms. The van der Waals surface area contributed by atoms with Gasteiger partial charge in [0, 0.05) is 108 Å².